The van der Waals surface area contributed by atoms with Crippen LogP contribution in [0, 0.1) is 0 Å². The first-order valence-electron chi connectivity index (χ1n) is 9.38. The van der Waals surface area contributed by atoms with Crippen LogP contribution in [-0.4, -0.2) is 64.7 Å². The van der Waals surface area contributed by atoms with Crippen LogP contribution in [0.1, 0.15) is 44.4 Å². The lowest BCUT2D eigenvalue weighted by Crippen LogP contribution is -2.37. The molecular formula is C18H29N5O2. The molecule has 7 nitrogen and oxygen atoms in total. The summed E-state index contributed by atoms with van der Waals surface area (Å²) >= 11 is 0. The Morgan fingerprint density at radius 2 is 2.08 bits per heavy atom. The van der Waals surface area contributed by atoms with Gasteiger partial charge in [-0.15, -0.1) is 0 Å². The third-order valence-electron chi connectivity index (χ3n) is 4.71. The van der Waals surface area contributed by atoms with E-state index in [1.807, 2.05) is 9.96 Å². The Kier molecular flexibility index (Phi) is 6.20. The van der Waals surface area contributed by atoms with Crippen LogP contribution < -0.4 is 5.32 Å². The lowest BCUT2D eigenvalue weighted by Gasteiger charge is -2.27. The maximum absolute atomic E-state index is 12.6. The summed E-state index contributed by atoms with van der Waals surface area (Å²) in [7, 11) is 0. The molecule has 0 saturated carbocycles. The van der Waals surface area contributed by atoms with E-state index in [0.717, 1.165) is 69.0 Å². The van der Waals surface area contributed by atoms with Gasteiger partial charge in [-0.1, -0.05) is 0 Å². The molecule has 0 atom stereocenters. The standard InChI is InChI=1S/C18H29N5O2/c1-14(2)21-18-15-5-9-22(10-6-16(15)19-13-20-18)17(24)7-11-23-8-3-4-12-25-23/h13-14H,3-12H2,1-2H3,(H,19,20,21). The first-order chi connectivity index (χ1) is 12.1. The van der Waals surface area contributed by atoms with E-state index < -0.39 is 0 Å². The molecule has 0 aliphatic carbocycles. The third-order valence-corrected chi connectivity index (χ3v) is 4.71. The maximum atomic E-state index is 12.6. The molecular weight excluding hydrogens is 318 g/mol. The summed E-state index contributed by atoms with van der Waals surface area (Å²) < 4.78 is 0. The summed E-state index contributed by atoms with van der Waals surface area (Å²) in [5.74, 6) is 1.12. The highest BCUT2D eigenvalue weighted by atomic mass is 16.7. The van der Waals surface area contributed by atoms with Gasteiger partial charge in [-0.3, -0.25) is 9.63 Å². The Balaban J connectivity index is 1.56. The summed E-state index contributed by atoms with van der Waals surface area (Å²) in [5.41, 5.74) is 2.22. The van der Waals surface area contributed by atoms with Crippen molar-refractivity contribution in [1.82, 2.24) is 19.9 Å². The normalized spacial score (nSPS) is 18.8. The average molecular weight is 347 g/mol. The van der Waals surface area contributed by atoms with Crippen LogP contribution in [0.25, 0.3) is 0 Å². The number of rotatable bonds is 5. The Morgan fingerprint density at radius 3 is 2.84 bits per heavy atom. The minimum atomic E-state index is 0.202. The Bertz CT molecular complexity index is 587. The summed E-state index contributed by atoms with van der Waals surface area (Å²) in [6, 6.07) is 0.324. The summed E-state index contributed by atoms with van der Waals surface area (Å²) in [6.07, 6.45) is 5.99. The van der Waals surface area contributed by atoms with Crippen molar-refractivity contribution in [2.75, 3.05) is 38.1 Å². The zero-order valence-electron chi connectivity index (χ0n) is 15.3. The number of anilines is 1. The summed E-state index contributed by atoms with van der Waals surface area (Å²) in [4.78, 5) is 29.0. The number of hydroxylamine groups is 2. The first-order valence-corrected chi connectivity index (χ1v) is 9.38. The van der Waals surface area contributed by atoms with Crippen LogP contribution in [-0.2, 0) is 22.5 Å². The number of carbonyl (C=O) groups excluding carboxylic acids is 1. The highest BCUT2D eigenvalue weighted by molar-refractivity contribution is 5.76. The zero-order chi connectivity index (χ0) is 17.6. The van der Waals surface area contributed by atoms with E-state index in [2.05, 4.69) is 29.1 Å². The van der Waals surface area contributed by atoms with Gasteiger partial charge in [0.15, 0.2) is 0 Å². The van der Waals surface area contributed by atoms with Crippen molar-refractivity contribution in [2.24, 2.45) is 0 Å². The molecule has 1 saturated heterocycles. The molecule has 2 aliphatic heterocycles. The fourth-order valence-electron chi connectivity index (χ4n) is 3.38. The van der Waals surface area contributed by atoms with Crippen LogP contribution in [0.4, 0.5) is 5.82 Å². The van der Waals surface area contributed by atoms with Gasteiger partial charge in [0.25, 0.3) is 0 Å². The van der Waals surface area contributed by atoms with E-state index in [0.29, 0.717) is 19.0 Å². The molecule has 0 spiro atoms. The number of carbonyl (C=O) groups is 1. The third kappa shape index (κ3) is 4.89. The molecule has 1 amide bonds. The zero-order valence-corrected chi connectivity index (χ0v) is 15.3. The van der Waals surface area contributed by atoms with E-state index in [4.69, 9.17) is 4.84 Å². The molecule has 0 bridgehead atoms. The van der Waals surface area contributed by atoms with Crippen molar-refractivity contribution < 1.29 is 9.63 Å². The number of hydrogen-bond acceptors (Lipinski definition) is 6. The molecule has 25 heavy (non-hydrogen) atoms. The fourth-order valence-corrected chi connectivity index (χ4v) is 3.38. The van der Waals surface area contributed by atoms with E-state index in [9.17, 15) is 4.79 Å². The number of fused-ring (bicyclic) bond motifs is 1. The minimum absolute atomic E-state index is 0.202. The molecule has 0 unspecified atom stereocenters. The second kappa shape index (κ2) is 8.58. The first kappa shape index (κ1) is 18.1. The lowest BCUT2D eigenvalue weighted by atomic mass is 10.1. The van der Waals surface area contributed by atoms with Crippen molar-refractivity contribution in [3.63, 3.8) is 0 Å². The van der Waals surface area contributed by atoms with Crippen LogP contribution >= 0.6 is 0 Å². The maximum Gasteiger partial charge on any atom is 0.223 e. The predicted molar refractivity (Wildman–Crippen MR) is 96.2 cm³/mol. The monoisotopic (exact) mass is 347 g/mol. The van der Waals surface area contributed by atoms with Crippen LogP contribution in [0.3, 0.4) is 0 Å². The van der Waals surface area contributed by atoms with Crippen molar-refractivity contribution in [3.8, 4) is 0 Å². The number of amides is 1. The average Bonchev–Trinajstić information content (AvgIpc) is 2.84. The second-order valence-electron chi connectivity index (χ2n) is 7.05. The van der Waals surface area contributed by atoms with Gasteiger partial charge < -0.3 is 10.2 Å². The SMILES string of the molecule is CC(C)Nc1ncnc2c1CCN(C(=O)CCN1CCCCO1)CC2. The van der Waals surface area contributed by atoms with Gasteiger partial charge in [-0.05, 0) is 33.1 Å². The van der Waals surface area contributed by atoms with Gasteiger partial charge in [0.05, 0.1) is 12.3 Å². The molecule has 0 radical (unpaired) electrons. The second-order valence-corrected chi connectivity index (χ2v) is 7.05. The predicted octanol–water partition coefficient (Wildman–Crippen LogP) is 1.64. The number of nitrogens with one attached hydrogen (secondary N) is 1. The molecule has 0 aromatic carbocycles. The molecule has 3 rings (SSSR count). The molecule has 1 N–H and O–H groups in total. The summed E-state index contributed by atoms with van der Waals surface area (Å²) in [5, 5.41) is 5.33. The Morgan fingerprint density at radius 1 is 1.24 bits per heavy atom. The van der Waals surface area contributed by atoms with Crippen molar-refractivity contribution in [2.45, 2.75) is 52.0 Å². The fraction of sp³-hybridized carbons (Fsp3) is 0.722. The van der Waals surface area contributed by atoms with E-state index >= 15 is 0 Å². The molecule has 1 aromatic rings. The quantitative estimate of drug-likeness (QED) is 0.873. The number of hydrogen-bond donors (Lipinski definition) is 1. The van der Waals surface area contributed by atoms with Crippen LogP contribution in [0.2, 0.25) is 0 Å². The van der Waals surface area contributed by atoms with Crippen molar-refractivity contribution >= 4 is 11.7 Å². The largest absolute Gasteiger partial charge is 0.368 e. The van der Waals surface area contributed by atoms with E-state index in [1.165, 1.54) is 0 Å². The Labute approximate surface area is 149 Å². The smallest absolute Gasteiger partial charge is 0.223 e. The molecule has 3 heterocycles. The van der Waals surface area contributed by atoms with Crippen LogP contribution in [0.15, 0.2) is 6.33 Å². The van der Waals surface area contributed by atoms with Gasteiger partial charge in [0, 0.05) is 50.6 Å². The minimum Gasteiger partial charge on any atom is -0.368 e. The highest BCUT2D eigenvalue weighted by Gasteiger charge is 2.22. The number of aromatic nitrogens is 2. The van der Waals surface area contributed by atoms with Crippen molar-refractivity contribution in [3.05, 3.63) is 17.6 Å². The van der Waals surface area contributed by atoms with Gasteiger partial charge in [-0.2, -0.15) is 5.06 Å². The van der Waals surface area contributed by atoms with Gasteiger partial charge in [0.2, 0.25) is 5.91 Å². The van der Waals surface area contributed by atoms with E-state index in [-0.39, 0.29) is 5.91 Å². The topological polar surface area (TPSA) is 70.6 Å². The van der Waals surface area contributed by atoms with Gasteiger partial charge in [-0.25, -0.2) is 9.97 Å². The lowest BCUT2D eigenvalue weighted by molar-refractivity contribution is -0.182. The van der Waals surface area contributed by atoms with Gasteiger partial charge >= 0.3 is 0 Å². The number of nitrogens with zero attached hydrogens (tertiary/aromatic N) is 4. The van der Waals surface area contributed by atoms with Crippen LogP contribution in [0.5, 0.6) is 0 Å². The molecule has 2 aliphatic rings. The van der Waals surface area contributed by atoms with E-state index in [1.54, 1.807) is 6.33 Å². The summed E-state index contributed by atoms with van der Waals surface area (Å²) in [6.45, 7) is 8.04. The van der Waals surface area contributed by atoms with Gasteiger partial charge in [0.1, 0.15) is 12.1 Å². The highest BCUT2D eigenvalue weighted by Crippen LogP contribution is 2.21. The molecule has 138 valence electrons. The molecule has 7 heteroatoms. The molecule has 1 aromatic heterocycles. The molecule has 1 fully saturated rings. The Hall–Kier alpha value is -1.73. The van der Waals surface area contributed by atoms with Crippen molar-refractivity contribution in [1.29, 1.82) is 0 Å².